The number of sulfonamides is 1. The van der Waals surface area contributed by atoms with E-state index in [1.54, 1.807) is 36.4 Å². The van der Waals surface area contributed by atoms with Gasteiger partial charge in [0, 0.05) is 12.1 Å². The summed E-state index contributed by atoms with van der Waals surface area (Å²) in [5, 5.41) is 2.55. The summed E-state index contributed by atoms with van der Waals surface area (Å²) in [6.45, 7) is 2.86. The van der Waals surface area contributed by atoms with Crippen LogP contribution in [0.5, 0.6) is 0 Å². The van der Waals surface area contributed by atoms with Crippen molar-refractivity contribution >= 4 is 33.4 Å². The molecule has 2 aromatic carbocycles. The van der Waals surface area contributed by atoms with Gasteiger partial charge in [-0.2, -0.15) is 4.31 Å². The van der Waals surface area contributed by atoms with Crippen molar-refractivity contribution < 1.29 is 27.5 Å². The van der Waals surface area contributed by atoms with Crippen molar-refractivity contribution in [1.29, 1.82) is 0 Å². The second kappa shape index (κ2) is 10.1. The molecule has 32 heavy (non-hydrogen) atoms. The Balaban J connectivity index is 1.67. The standard InChI is InChI=1S/C23H26N2O6S/c1-16-10-12-18(13-11-16)32(29,30)25-14-6-5-9-21(25)23(28)31-15-22(27)24-20-8-4-3-7-19(20)17(2)26/h3-4,7-8,10-13,21H,5-6,9,14-15H2,1-2H3,(H,24,27). The lowest BCUT2D eigenvalue weighted by atomic mass is 10.1. The van der Waals surface area contributed by atoms with Crippen molar-refractivity contribution in [2.75, 3.05) is 18.5 Å². The average molecular weight is 459 g/mol. The van der Waals surface area contributed by atoms with Gasteiger partial charge in [-0.15, -0.1) is 0 Å². The van der Waals surface area contributed by atoms with Gasteiger partial charge >= 0.3 is 5.97 Å². The fourth-order valence-corrected chi connectivity index (χ4v) is 5.24. The van der Waals surface area contributed by atoms with Gasteiger partial charge in [-0.1, -0.05) is 29.8 Å². The molecule has 1 N–H and O–H groups in total. The van der Waals surface area contributed by atoms with Crippen molar-refractivity contribution in [3.63, 3.8) is 0 Å². The van der Waals surface area contributed by atoms with E-state index in [4.69, 9.17) is 4.74 Å². The first-order valence-corrected chi connectivity index (χ1v) is 11.8. The van der Waals surface area contributed by atoms with Crippen molar-refractivity contribution in [2.24, 2.45) is 0 Å². The number of Topliss-reactive ketones (excluding diaryl/α,β-unsaturated/α-hetero) is 1. The van der Waals surface area contributed by atoms with Crippen LogP contribution in [0.4, 0.5) is 5.69 Å². The van der Waals surface area contributed by atoms with Crippen molar-refractivity contribution in [2.45, 2.75) is 44.0 Å². The van der Waals surface area contributed by atoms with Crippen LogP contribution in [0.25, 0.3) is 0 Å². The van der Waals surface area contributed by atoms with Crippen molar-refractivity contribution in [3.8, 4) is 0 Å². The Kier molecular flexibility index (Phi) is 7.42. The molecule has 1 heterocycles. The van der Waals surface area contributed by atoms with E-state index in [1.807, 2.05) is 6.92 Å². The predicted molar refractivity (Wildman–Crippen MR) is 119 cm³/mol. The first-order chi connectivity index (χ1) is 15.2. The number of nitrogens with zero attached hydrogens (tertiary/aromatic N) is 1. The van der Waals surface area contributed by atoms with Gasteiger partial charge in [0.25, 0.3) is 5.91 Å². The highest BCUT2D eigenvalue weighted by atomic mass is 32.2. The molecule has 1 fully saturated rings. The maximum absolute atomic E-state index is 13.1. The van der Waals surface area contributed by atoms with Gasteiger partial charge in [-0.3, -0.25) is 14.4 Å². The summed E-state index contributed by atoms with van der Waals surface area (Å²) in [5.74, 6) is -1.59. The van der Waals surface area contributed by atoms with E-state index < -0.39 is 34.5 Å². The van der Waals surface area contributed by atoms with Gasteiger partial charge in [0.15, 0.2) is 12.4 Å². The molecule has 0 spiro atoms. The third-order valence-corrected chi connectivity index (χ3v) is 7.20. The third kappa shape index (κ3) is 5.41. The minimum absolute atomic E-state index is 0.112. The summed E-state index contributed by atoms with van der Waals surface area (Å²) in [6.07, 6.45) is 1.63. The minimum atomic E-state index is -3.88. The lowest BCUT2D eigenvalue weighted by Gasteiger charge is -2.33. The summed E-state index contributed by atoms with van der Waals surface area (Å²) in [4.78, 5) is 36.8. The Morgan fingerprint density at radius 2 is 1.75 bits per heavy atom. The number of hydrogen-bond acceptors (Lipinski definition) is 6. The molecule has 0 aromatic heterocycles. The number of carbonyl (C=O) groups is 3. The maximum Gasteiger partial charge on any atom is 0.324 e. The Morgan fingerprint density at radius 1 is 1.06 bits per heavy atom. The molecule has 0 bridgehead atoms. The zero-order valence-electron chi connectivity index (χ0n) is 18.0. The number of rotatable bonds is 7. The van der Waals surface area contributed by atoms with Gasteiger partial charge in [-0.25, -0.2) is 8.42 Å². The number of para-hydroxylation sites is 1. The molecule has 0 radical (unpaired) electrons. The van der Waals surface area contributed by atoms with Gasteiger partial charge in [-0.05, 0) is 57.4 Å². The van der Waals surface area contributed by atoms with Crippen LogP contribution in [0.15, 0.2) is 53.4 Å². The fraction of sp³-hybridized carbons (Fsp3) is 0.348. The Hall–Kier alpha value is -3.04. The Morgan fingerprint density at radius 3 is 2.44 bits per heavy atom. The zero-order valence-corrected chi connectivity index (χ0v) is 18.9. The summed E-state index contributed by atoms with van der Waals surface area (Å²) >= 11 is 0. The number of hydrogen-bond donors (Lipinski definition) is 1. The lowest BCUT2D eigenvalue weighted by Crippen LogP contribution is -2.48. The molecule has 1 amide bonds. The number of nitrogens with one attached hydrogen (secondary N) is 1. The molecular formula is C23H26N2O6S. The average Bonchev–Trinajstić information content (AvgIpc) is 2.78. The highest BCUT2D eigenvalue weighted by Crippen LogP contribution is 2.26. The highest BCUT2D eigenvalue weighted by molar-refractivity contribution is 7.89. The van der Waals surface area contributed by atoms with Crippen LogP contribution in [-0.4, -0.2) is 49.6 Å². The normalized spacial score (nSPS) is 16.9. The van der Waals surface area contributed by atoms with E-state index in [2.05, 4.69) is 5.32 Å². The lowest BCUT2D eigenvalue weighted by molar-refractivity contribution is -0.152. The number of piperidine rings is 1. The number of benzene rings is 2. The molecular weight excluding hydrogens is 432 g/mol. The topological polar surface area (TPSA) is 110 Å². The number of esters is 1. The third-order valence-electron chi connectivity index (χ3n) is 5.28. The molecule has 1 unspecified atom stereocenters. The zero-order chi connectivity index (χ0) is 23.3. The smallest absolute Gasteiger partial charge is 0.324 e. The fourth-order valence-electron chi connectivity index (χ4n) is 3.59. The number of carbonyl (C=O) groups excluding carboxylic acids is 3. The Bertz CT molecular complexity index is 1110. The second-order valence-corrected chi connectivity index (χ2v) is 9.59. The molecule has 9 heteroatoms. The van der Waals surface area contributed by atoms with Crippen molar-refractivity contribution in [1.82, 2.24) is 4.31 Å². The first-order valence-electron chi connectivity index (χ1n) is 10.3. The molecule has 1 aliphatic rings. The van der Waals surface area contributed by atoms with E-state index in [0.717, 1.165) is 9.87 Å². The first kappa shape index (κ1) is 23.6. The van der Waals surface area contributed by atoms with Gasteiger partial charge in [0.05, 0.1) is 10.6 Å². The number of aryl methyl sites for hydroxylation is 1. The monoisotopic (exact) mass is 458 g/mol. The predicted octanol–water partition coefficient (Wildman–Crippen LogP) is 2.92. The van der Waals surface area contributed by atoms with E-state index in [1.165, 1.54) is 19.1 Å². The Labute approximate surface area is 187 Å². The van der Waals surface area contributed by atoms with Crippen LogP contribution in [0, 0.1) is 6.92 Å². The van der Waals surface area contributed by atoms with Crippen LogP contribution in [0.1, 0.15) is 42.1 Å². The van der Waals surface area contributed by atoms with Crippen LogP contribution in [0.3, 0.4) is 0 Å². The minimum Gasteiger partial charge on any atom is -0.454 e. The number of amides is 1. The number of ether oxygens (including phenoxy) is 1. The molecule has 170 valence electrons. The molecule has 2 aromatic rings. The molecule has 8 nitrogen and oxygen atoms in total. The molecule has 1 saturated heterocycles. The SMILES string of the molecule is CC(=O)c1ccccc1NC(=O)COC(=O)C1CCCCN1S(=O)(=O)c1ccc(C)cc1. The van der Waals surface area contributed by atoms with Crippen molar-refractivity contribution in [3.05, 3.63) is 59.7 Å². The van der Waals surface area contributed by atoms with Gasteiger partial charge in [0.1, 0.15) is 6.04 Å². The van der Waals surface area contributed by atoms with E-state index in [-0.39, 0.29) is 17.2 Å². The quantitative estimate of drug-likeness (QED) is 0.505. The summed E-state index contributed by atoms with van der Waals surface area (Å²) < 4.78 is 32.5. The molecule has 1 aliphatic heterocycles. The van der Waals surface area contributed by atoms with E-state index in [9.17, 15) is 22.8 Å². The summed E-state index contributed by atoms with van der Waals surface area (Å²) in [7, 11) is -3.88. The maximum atomic E-state index is 13.1. The highest BCUT2D eigenvalue weighted by Gasteiger charge is 2.38. The van der Waals surface area contributed by atoms with E-state index >= 15 is 0 Å². The van der Waals surface area contributed by atoms with Crippen LogP contribution in [-0.2, 0) is 24.3 Å². The van der Waals surface area contributed by atoms with Crippen LogP contribution >= 0.6 is 0 Å². The molecule has 0 aliphatic carbocycles. The van der Waals surface area contributed by atoms with E-state index in [0.29, 0.717) is 30.5 Å². The van der Waals surface area contributed by atoms with Gasteiger partial charge < -0.3 is 10.1 Å². The summed E-state index contributed by atoms with van der Waals surface area (Å²) in [6, 6.07) is 12.0. The molecule has 0 saturated carbocycles. The number of anilines is 1. The van der Waals surface area contributed by atoms with Crippen LogP contribution < -0.4 is 5.32 Å². The number of ketones is 1. The molecule has 1 atom stereocenters. The second-order valence-electron chi connectivity index (χ2n) is 7.70. The molecule has 3 rings (SSSR count). The largest absolute Gasteiger partial charge is 0.454 e. The van der Waals surface area contributed by atoms with Gasteiger partial charge in [0.2, 0.25) is 10.0 Å². The summed E-state index contributed by atoms with van der Waals surface area (Å²) in [5.41, 5.74) is 1.59. The van der Waals surface area contributed by atoms with Crippen LogP contribution in [0.2, 0.25) is 0 Å².